The summed E-state index contributed by atoms with van der Waals surface area (Å²) in [7, 11) is 0. The maximum absolute atomic E-state index is 12.0. The summed E-state index contributed by atoms with van der Waals surface area (Å²) in [6, 6.07) is 17.8. The minimum Gasteiger partial charge on any atom is -0.489 e. The van der Waals surface area contributed by atoms with Gasteiger partial charge in [0.2, 0.25) is 0 Å². The number of nitrogens with zero attached hydrogens (tertiary/aromatic N) is 2. The van der Waals surface area contributed by atoms with Gasteiger partial charge in [-0.05, 0) is 36.3 Å². The van der Waals surface area contributed by atoms with Gasteiger partial charge in [0.15, 0.2) is 5.16 Å². The molecule has 0 aliphatic heterocycles. The smallest absolute Gasteiger partial charge is 0.250 e. The number of hydrogen-bond donors (Lipinski definition) is 2. The first-order valence-corrected chi connectivity index (χ1v) is 10.7. The standard InChI is InChI=1S/C23H22N4O2S/c28-22(16-30-23-25-20-8-4-5-9-21(20)26-23)27-24-14-17-10-12-19(13-11-17)29-15-18-6-2-1-3-7-18/h1-10,12-14,17H,11,15-16H2,(H,25,26)(H,27,28)/b24-14+. The molecule has 6 nitrogen and oxygen atoms in total. The van der Waals surface area contributed by atoms with Crippen LogP contribution in [-0.4, -0.2) is 27.8 Å². The fourth-order valence-corrected chi connectivity index (χ4v) is 3.62. The number of para-hydroxylation sites is 2. The van der Waals surface area contributed by atoms with E-state index in [0.717, 1.165) is 33.9 Å². The summed E-state index contributed by atoms with van der Waals surface area (Å²) < 4.78 is 5.80. The van der Waals surface area contributed by atoms with Crippen molar-refractivity contribution in [3.8, 4) is 0 Å². The zero-order valence-corrected chi connectivity index (χ0v) is 17.1. The van der Waals surface area contributed by atoms with Gasteiger partial charge in [0, 0.05) is 12.1 Å². The SMILES string of the molecule is O=C(CSc1nc2ccccc2[nH]1)N/N=C/C1C=CC(OCc2ccccc2)=CC1. The number of hydrogen-bond acceptors (Lipinski definition) is 5. The minimum absolute atomic E-state index is 0.136. The summed E-state index contributed by atoms with van der Waals surface area (Å²) in [4.78, 5) is 19.6. The van der Waals surface area contributed by atoms with E-state index in [-0.39, 0.29) is 17.6 Å². The Morgan fingerprint density at radius 2 is 2.07 bits per heavy atom. The van der Waals surface area contributed by atoms with Crippen LogP contribution < -0.4 is 5.43 Å². The first-order chi connectivity index (χ1) is 14.8. The molecule has 7 heteroatoms. The highest BCUT2D eigenvalue weighted by atomic mass is 32.2. The fourth-order valence-electron chi connectivity index (χ4n) is 2.94. The molecule has 4 rings (SSSR count). The Bertz CT molecular complexity index is 1060. The first-order valence-electron chi connectivity index (χ1n) is 9.71. The average Bonchev–Trinajstić information content (AvgIpc) is 3.21. The quantitative estimate of drug-likeness (QED) is 0.322. The van der Waals surface area contributed by atoms with Crippen molar-refractivity contribution in [1.29, 1.82) is 0 Å². The molecule has 0 saturated heterocycles. The number of carbonyl (C=O) groups is 1. The number of hydrazone groups is 1. The second-order valence-electron chi connectivity index (χ2n) is 6.80. The van der Waals surface area contributed by atoms with E-state index in [2.05, 4.69) is 20.5 Å². The summed E-state index contributed by atoms with van der Waals surface area (Å²) in [6.07, 6.45) is 8.54. The number of benzene rings is 2. The lowest BCUT2D eigenvalue weighted by Crippen LogP contribution is -2.20. The topological polar surface area (TPSA) is 79.4 Å². The van der Waals surface area contributed by atoms with Crippen molar-refractivity contribution in [2.75, 3.05) is 5.75 Å². The number of nitrogens with one attached hydrogen (secondary N) is 2. The van der Waals surface area contributed by atoms with Crippen LogP contribution in [0, 0.1) is 5.92 Å². The summed E-state index contributed by atoms with van der Waals surface area (Å²) in [5.74, 6) is 1.07. The summed E-state index contributed by atoms with van der Waals surface area (Å²) in [6.45, 7) is 0.550. The van der Waals surface area contributed by atoms with Gasteiger partial charge in [0.1, 0.15) is 12.4 Å². The zero-order chi connectivity index (χ0) is 20.6. The molecule has 2 aromatic carbocycles. The average molecular weight is 419 g/mol. The number of H-pyrrole nitrogens is 1. The normalized spacial score (nSPS) is 16.0. The van der Waals surface area contributed by atoms with E-state index in [0.29, 0.717) is 6.61 Å². The van der Waals surface area contributed by atoms with E-state index in [9.17, 15) is 4.79 Å². The molecule has 2 N–H and O–H groups in total. The molecule has 1 aromatic heterocycles. The van der Waals surface area contributed by atoms with Gasteiger partial charge in [0.05, 0.1) is 16.8 Å². The van der Waals surface area contributed by atoms with Gasteiger partial charge in [-0.25, -0.2) is 10.4 Å². The molecule has 0 saturated carbocycles. The van der Waals surface area contributed by atoms with Crippen LogP contribution in [0.3, 0.4) is 0 Å². The molecular weight excluding hydrogens is 396 g/mol. The van der Waals surface area contributed by atoms with Crippen LogP contribution in [0.5, 0.6) is 0 Å². The predicted molar refractivity (Wildman–Crippen MR) is 120 cm³/mol. The minimum atomic E-state index is -0.168. The summed E-state index contributed by atoms with van der Waals surface area (Å²) in [5.41, 5.74) is 5.56. The highest BCUT2D eigenvalue weighted by Crippen LogP contribution is 2.19. The number of carbonyl (C=O) groups excluding carboxylic acids is 1. The zero-order valence-electron chi connectivity index (χ0n) is 16.3. The molecule has 30 heavy (non-hydrogen) atoms. The molecule has 1 aliphatic rings. The van der Waals surface area contributed by atoms with Crippen LogP contribution in [0.4, 0.5) is 0 Å². The third kappa shape index (κ3) is 5.61. The Morgan fingerprint density at radius 1 is 1.23 bits per heavy atom. The maximum Gasteiger partial charge on any atom is 0.250 e. The van der Waals surface area contributed by atoms with Crippen LogP contribution in [0.1, 0.15) is 12.0 Å². The van der Waals surface area contributed by atoms with Gasteiger partial charge in [0.25, 0.3) is 5.91 Å². The van der Waals surface area contributed by atoms with Crippen molar-refractivity contribution in [2.45, 2.75) is 18.2 Å². The van der Waals surface area contributed by atoms with Gasteiger partial charge in [-0.1, -0.05) is 60.3 Å². The number of ether oxygens (including phenoxy) is 1. The van der Waals surface area contributed by atoms with E-state index in [1.165, 1.54) is 11.8 Å². The summed E-state index contributed by atoms with van der Waals surface area (Å²) in [5, 5.41) is 4.80. The predicted octanol–water partition coefficient (Wildman–Crippen LogP) is 4.43. The third-order valence-electron chi connectivity index (χ3n) is 4.51. The second-order valence-corrected chi connectivity index (χ2v) is 7.76. The van der Waals surface area contributed by atoms with Crippen LogP contribution in [-0.2, 0) is 16.1 Å². The van der Waals surface area contributed by atoms with Crippen LogP contribution >= 0.6 is 11.8 Å². The largest absolute Gasteiger partial charge is 0.489 e. The number of imidazole rings is 1. The number of thioether (sulfide) groups is 1. The second kappa shape index (κ2) is 9.93. The molecule has 0 spiro atoms. The van der Waals surface area contributed by atoms with Gasteiger partial charge in [-0.2, -0.15) is 5.10 Å². The van der Waals surface area contributed by atoms with Crippen molar-refractivity contribution in [2.24, 2.45) is 11.0 Å². The van der Waals surface area contributed by atoms with Crippen molar-refractivity contribution < 1.29 is 9.53 Å². The van der Waals surface area contributed by atoms with E-state index < -0.39 is 0 Å². The van der Waals surface area contributed by atoms with Gasteiger partial charge in [-0.15, -0.1) is 0 Å². The van der Waals surface area contributed by atoms with E-state index >= 15 is 0 Å². The molecule has 0 fully saturated rings. The van der Waals surface area contributed by atoms with Crippen LogP contribution in [0.2, 0.25) is 0 Å². The Hall–Kier alpha value is -3.32. The number of allylic oxidation sites excluding steroid dienone is 3. The van der Waals surface area contributed by atoms with Crippen molar-refractivity contribution in [1.82, 2.24) is 15.4 Å². The number of amides is 1. The molecule has 1 aliphatic carbocycles. The maximum atomic E-state index is 12.0. The number of rotatable bonds is 8. The van der Waals surface area contributed by atoms with Crippen molar-refractivity contribution in [3.63, 3.8) is 0 Å². The van der Waals surface area contributed by atoms with E-state index in [1.54, 1.807) is 6.21 Å². The highest BCUT2D eigenvalue weighted by Gasteiger charge is 2.09. The summed E-state index contributed by atoms with van der Waals surface area (Å²) >= 11 is 1.35. The Balaban J connectivity index is 1.17. The van der Waals surface area contributed by atoms with E-state index in [4.69, 9.17) is 4.74 Å². The van der Waals surface area contributed by atoms with Crippen molar-refractivity contribution in [3.05, 3.63) is 84.1 Å². The van der Waals surface area contributed by atoms with Crippen molar-refractivity contribution >= 4 is 34.9 Å². The molecule has 1 amide bonds. The molecule has 152 valence electrons. The first kappa shape index (κ1) is 20.0. The highest BCUT2D eigenvalue weighted by molar-refractivity contribution is 7.99. The Morgan fingerprint density at radius 3 is 2.87 bits per heavy atom. The molecular formula is C23H22N4O2S. The number of fused-ring (bicyclic) bond motifs is 1. The Labute approximate surface area is 179 Å². The van der Waals surface area contributed by atoms with E-state index in [1.807, 2.05) is 72.8 Å². The molecule has 1 atom stereocenters. The number of aromatic amines is 1. The molecule has 1 heterocycles. The van der Waals surface area contributed by atoms with Crippen LogP contribution in [0.15, 0.2) is 88.8 Å². The lowest BCUT2D eigenvalue weighted by molar-refractivity contribution is -0.118. The van der Waals surface area contributed by atoms with Gasteiger partial charge < -0.3 is 9.72 Å². The Kier molecular flexibility index (Phi) is 6.61. The molecule has 0 bridgehead atoms. The third-order valence-corrected chi connectivity index (χ3v) is 5.38. The molecule has 0 radical (unpaired) electrons. The lowest BCUT2D eigenvalue weighted by atomic mass is 10.0. The fraction of sp³-hybridized carbons (Fsp3) is 0.174. The molecule has 3 aromatic rings. The number of aromatic nitrogens is 2. The van der Waals surface area contributed by atoms with Gasteiger partial charge >= 0.3 is 0 Å². The van der Waals surface area contributed by atoms with Gasteiger partial charge in [-0.3, -0.25) is 4.79 Å². The molecule has 1 unspecified atom stereocenters. The monoisotopic (exact) mass is 418 g/mol. The van der Waals surface area contributed by atoms with Crippen LogP contribution in [0.25, 0.3) is 11.0 Å². The lowest BCUT2D eigenvalue weighted by Gasteiger charge is -2.13.